The van der Waals surface area contributed by atoms with E-state index in [1.807, 2.05) is 6.92 Å². The Morgan fingerprint density at radius 3 is 2.60 bits per heavy atom. The summed E-state index contributed by atoms with van der Waals surface area (Å²) in [6.45, 7) is 4.84. The van der Waals surface area contributed by atoms with E-state index < -0.39 is 0 Å². The van der Waals surface area contributed by atoms with Gasteiger partial charge in [-0.3, -0.25) is 4.79 Å². The zero-order valence-corrected chi connectivity index (χ0v) is 9.83. The summed E-state index contributed by atoms with van der Waals surface area (Å²) in [7, 11) is 0. The molecule has 0 bridgehead atoms. The maximum Gasteiger partial charge on any atom is 0.224 e. The van der Waals surface area contributed by atoms with Gasteiger partial charge < -0.3 is 16.2 Å². The van der Waals surface area contributed by atoms with Crippen LogP contribution in [0.3, 0.4) is 0 Å². The van der Waals surface area contributed by atoms with Crippen LogP contribution >= 0.6 is 0 Å². The largest absolute Gasteiger partial charge is 0.393 e. The van der Waals surface area contributed by atoms with Gasteiger partial charge in [0, 0.05) is 13.1 Å². The monoisotopic (exact) mass is 216 g/mol. The Bertz CT molecular complexity index is 172. The minimum Gasteiger partial charge on any atom is -0.393 e. The number of carbonyl (C=O) groups excluding carboxylic acids is 1. The highest BCUT2D eigenvalue weighted by atomic mass is 16.3. The Hall–Kier alpha value is -0.610. The Balaban J connectivity index is 3.62. The zero-order valence-electron chi connectivity index (χ0n) is 9.83. The standard InChI is InChI=1S/C11H24N2O2/c1-3-5-10(8-12)11(15)13-7-4-6-9(2)14/h9-10,14H,3-8,12H2,1-2H3,(H,13,15). The van der Waals surface area contributed by atoms with Crippen molar-refractivity contribution in [2.45, 2.75) is 45.6 Å². The third-order valence-electron chi connectivity index (χ3n) is 2.39. The lowest BCUT2D eigenvalue weighted by Crippen LogP contribution is -2.35. The molecule has 4 nitrogen and oxygen atoms in total. The van der Waals surface area contributed by atoms with E-state index >= 15 is 0 Å². The van der Waals surface area contributed by atoms with E-state index in [1.54, 1.807) is 6.92 Å². The van der Waals surface area contributed by atoms with Gasteiger partial charge in [0.25, 0.3) is 0 Å². The number of rotatable bonds is 8. The average molecular weight is 216 g/mol. The van der Waals surface area contributed by atoms with Crippen LogP contribution in [-0.2, 0) is 4.79 Å². The predicted molar refractivity (Wildman–Crippen MR) is 61.4 cm³/mol. The average Bonchev–Trinajstić information content (AvgIpc) is 2.20. The second-order valence-electron chi connectivity index (χ2n) is 4.00. The minimum atomic E-state index is -0.289. The topological polar surface area (TPSA) is 75.4 Å². The number of nitrogens with one attached hydrogen (secondary N) is 1. The lowest BCUT2D eigenvalue weighted by Gasteiger charge is -2.13. The minimum absolute atomic E-state index is 0.0462. The number of nitrogens with two attached hydrogens (primary N) is 1. The fraction of sp³-hybridized carbons (Fsp3) is 0.909. The van der Waals surface area contributed by atoms with Gasteiger partial charge >= 0.3 is 0 Å². The maximum absolute atomic E-state index is 11.6. The van der Waals surface area contributed by atoms with E-state index in [9.17, 15) is 4.79 Å². The van der Waals surface area contributed by atoms with Crippen LogP contribution < -0.4 is 11.1 Å². The number of hydrogen-bond donors (Lipinski definition) is 3. The molecule has 0 saturated heterocycles. The summed E-state index contributed by atoms with van der Waals surface area (Å²) in [4.78, 5) is 11.6. The molecule has 0 fully saturated rings. The number of aliphatic hydroxyl groups is 1. The van der Waals surface area contributed by atoms with Gasteiger partial charge in [-0.05, 0) is 26.2 Å². The summed E-state index contributed by atoms with van der Waals surface area (Å²) < 4.78 is 0. The first-order valence-corrected chi connectivity index (χ1v) is 5.77. The van der Waals surface area contributed by atoms with Crippen molar-refractivity contribution in [2.24, 2.45) is 11.7 Å². The second kappa shape index (κ2) is 8.68. The zero-order chi connectivity index (χ0) is 11.7. The van der Waals surface area contributed by atoms with Crippen LogP contribution in [0.5, 0.6) is 0 Å². The van der Waals surface area contributed by atoms with Gasteiger partial charge in [-0.25, -0.2) is 0 Å². The molecular formula is C11H24N2O2. The lowest BCUT2D eigenvalue weighted by atomic mass is 10.0. The van der Waals surface area contributed by atoms with Crippen molar-refractivity contribution in [3.8, 4) is 0 Å². The first-order valence-electron chi connectivity index (χ1n) is 5.77. The van der Waals surface area contributed by atoms with Crippen LogP contribution in [0.4, 0.5) is 0 Å². The molecule has 4 heteroatoms. The molecule has 4 N–H and O–H groups in total. The highest BCUT2D eigenvalue weighted by Crippen LogP contribution is 2.04. The van der Waals surface area contributed by atoms with E-state index in [2.05, 4.69) is 5.32 Å². The molecule has 2 unspecified atom stereocenters. The number of aliphatic hydroxyl groups excluding tert-OH is 1. The van der Waals surface area contributed by atoms with Gasteiger partial charge in [-0.1, -0.05) is 13.3 Å². The van der Waals surface area contributed by atoms with Crippen molar-refractivity contribution >= 4 is 5.91 Å². The van der Waals surface area contributed by atoms with Gasteiger partial charge in [0.05, 0.1) is 12.0 Å². The van der Waals surface area contributed by atoms with Crippen molar-refractivity contribution in [2.75, 3.05) is 13.1 Å². The molecule has 0 saturated carbocycles. The van der Waals surface area contributed by atoms with Crippen LogP contribution in [0.1, 0.15) is 39.5 Å². The molecule has 0 aliphatic heterocycles. The van der Waals surface area contributed by atoms with Crippen LogP contribution in [0.2, 0.25) is 0 Å². The molecule has 0 heterocycles. The number of amides is 1. The van der Waals surface area contributed by atoms with Gasteiger partial charge in [0.1, 0.15) is 0 Å². The van der Waals surface area contributed by atoms with Gasteiger partial charge in [0.2, 0.25) is 5.91 Å². The van der Waals surface area contributed by atoms with Crippen molar-refractivity contribution in [3.63, 3.8) is 0 Å². The molecule has 0 aromatic carbocycles. The molecule has 0 aliphatic carbocycles. The molecule has 0 aliphatic rings. The van der Waals surface area contributed by atoms with E-state index in [0.29, 0.717) is 13.1 Å². The van der Waals surface area contributed by atoms with Crippen molar-refractivity contribution in [1.29, 1.82) is 0 Å². The molecule has 0 aromatic rings. The predicted octanol–water partition coefficient (Wildman–Crippen LogP) is 0.639. The van der Waals surface area contributed by atoms with Crippen LogP contribution in [-0.4, -0.2) is 30.2 Å². The normalized spacial score (nSPS) is 14.7. The lowest BCUT2D eigenvalue weighted by molar-refractivity contribution is -0.124. The fourth-order valence-electron chi connectivity index (χ4n) is 1.46. The third-order valence-corrected chi connectivity index (χ3v) is 2.39. The fourth-order valence-corrected chi connectivity index (χ4v) is 1.46. The summed E-state index contributed by atoms with van der Waals surface area (Å²) in [5.41, 5.74) is 5.51. The molecule has 0 radical (unpaired) electrons. The van der Waals surface area contributed by atoms with Crippen LogP contribution in [0, 0.1) is 5.92 Å². The van der Waals surface area contributed by atoms with Gasteiger partial charge in [-0.2, -0.15) is 0 Å². The second-order valence-corrected chi connectivity index (χ2v) is 4.00. The highest BCUT2D eigenvalue weighted by molar-refractivity contribution is 5.78. The Labute approximate surface area is 92.2 Å². The molecule has 0 spiro atoms. The van der Waals surface area contributed by atoms with Gasteiger partial charge in [-0.15, -0.1) is 0 Å². The van der Waals surface area contributed by atoms with Crippen LogP contribution in [0.25, 0.3) is 0 Å². The van der Waals surface area contributed by atoms with Gasteiger partial charge in [0.15, 0.2) is 0 Å². The molecule has 0 aromatic heterocycles. The van der Waals surface area contributed by atoms with E-state index in [0.717, 1.165) is 25.7 Å². The Morgan fingerprint density at radius 1 is 1.47 bits per heavy atom. The first kappa shape index (κ1) is 14.4. The molecular weight excluding hydrogens is 192 g/mol. The third kappa shape index (κ3) is 7.33. The number of carbonyl (C=O) groups is 1. The summed E-state index contributed by atoms with van der Waals surface area (Å²) in [5, 5.41) is 11.9. The maximum atomic E-state index is 11.6. The molecule has 2 atom stereocenters. The summed E-state index contributed by atoms with van der Waals surface area (Å²) in [6, 6.07) is 0. The van der Waals surface area contributed by atoms with Crippen molar-refractivity contribution in [1.82, 2.24) is 5.32 Å². The van der Waals surface area contributed by atoms with Crippen molar-refractivity contribution < 1.29 is 9.90 Å². The van der Waals surface area contributed by atoms with E-state index in [1.165, 1.54) is 0 Å². The smallest absolute Gasteiger partial charge is 0.224 e. The van der Waals surface area contributed by atoms with Crippen LogP contribution in [0.15, 0.2) is 0 Å². The SMILES string of the molecule is CCCC(CN)C(=O)NCCCC(C)O. The molecule has 90 valence electrons. The Morgan fingerprint density at radius 2 is 2.13 bits per heavy atom. The molecule has 0 rings (SSSR count). The van der Waals surface area contributed by atoms with Crippen molar-refractivity contribution in [3.05, 3.63) is 0 Å². The number of hydrogen-bond acceptors (Lipinski definition) is 3. The quantitative estimate of drug-likeness (QED) is 0.521. The molecule has 1 amide bonds. The first-order chi connectivity index (χ1) is 7.11. The highest BCUT2D eigenvalue weighted by Gasteiger charge is 2.14. The van der Waals surface area contributed by atoms with E-state index in [-0.39, 0.29) is 17.9 Å². The molecule has 15 heavy (non-hydrogen) atoms. The summed E-state index contributed by atoms with van der Waals surface area (Å²) in [5.74, 6) is -0.00788. The Kier molecular flexibility index (Phi) is 8.33. The summed E-state index contributed by atoms with van der Waals surface area (Å²) in [6.07, 6.45) is 3.07. The summed E-state index contributed by atoms with van der Waals surface area (Å²) >= 11 is 0. The van der Waals surface area contributed by atoms with E-state index in [4.69, 9.17) is 10.8 Å².